The highest BCUT2D eigenvalue weighted by molar-refractivity contribution is 7.99. The molecule has 1 heterocycles. The zero-order valence-corrected chi connectivity index (χ0v) is 17.1. The number of hydrogen-bond donors (Lipinski definition) is 2. The van der Waals surface area contributed by atoms with Crippen molar-refractivity contribution in [3.05, 3.63) is 71.8 Å². The molecule has 1 aliphatic heterocycles. The van der Waals surface area contributed by atoms with Crippen LogP contribution in [0.5, 0.6) is 0 Å². The van der Waals surface area contributed by atoms with Crippen LogP contribution in [0.25, 0.3) is 0 Å². The first-order valence-electron chi connectivity index (χ1n) is 8.98. The van der Waals surface area contributed by atoms with Gasteiger partial charge in [0.25, 0.3) is 0 Å². The summed E-state index contributed by atoms with van der Waals surface area (Å²) in [6.45, 7) is 0.914. The fraction of sp³-hybridized carbons (Fsp3) is 0.227. The van der Waals surface area contributed by atoms with E-state index < -0.39 is 11.9 Å². The zero-order chi connectivity index (χ0) is 21.4. The van der Waals surface area contributed by atoms with E-state index in [0.29, 0.717) is 12.2 Å². The van der Waals surface area contributed by atoms with E-state index in [0.717, 1.165) is 23.4 Å². The number of carbonyl (C=O) groups excluding carboxylic acids is 1. The van der Waals surface area contributed by atoms with Crippen LogP contribution in [0, 0.1) is 0 Å². The lowest BCUT2D eigenvalue weighted by atomic mass is 9.88. The monoisotopic (exact) mass is 413 g/mol. The molecule has 0 bridgehead atoms. The SMILES string of the molecule is CN(C)CCC1C(=O)c2ccccc2Sc2ccccc21.O=C(O)/C=C\C(=O)O. The molecule has 3 rings (SSSR count). The van der Waals surface area contributed by atoms with Gasteiger partial charge in [0.15, 0.2) is 5.78 Å². The Morgan fingerprint density at radius 2 is 1.52 bits per heavy atom. The molecule has 152 valence electrons. The van der Waals surface area contributed by atoms with Crippen LogP contribution in [0.15, 0.2) is 70.5 Å². The molecule has 1 atom stereocenters. The van der Waals surface area contributed by atoms with Crippen LogP contribution >= 0.6 is 11.8 Å². The third-order valence-electron chi connectivity index (χ3n) is 4.22. The zero-order valence-electron chi connectivity index (χ0n) is 16.2. The fourth-order valence-electron chi connectivity index (χ4n) is 2.88. The molecule has 0 saturated heterocycles. The quantitative estimate of drug-likeness (QED) is 0.720. The van der Waals surface area contributed by atoms with E-state index in [1.165, 1.54) is 10.5 Å². The Bertz CT molecular complexity index is 907. The van der Waals surface area contributed by atoms with Gasteiger partial charge < -0.3 is 15.1 Å². The number of hydrogen-bond acceptors (Lipinski definition) is 5. The van der Waals surface area contributed by atoms with E-state index in [2.05, 4.69) is 31.1 Å². The van der Waals surface area contributed by atoms with Crippen LogP contribution in [0.4, 0.5) is 0 Å². The van der Waals surface area contributed by atoms with Crippen molar-refractivity contribution in [1.82, 2.24) is 4.90 Å². The molecule has 0 saturated carbocycles. The fourth-order valence-corrected chi connectivity index (χ4v) is 4.02. The van der Waals surface area contributed by atoms with Crippen molar-refractivity contribution in [2.45, 2.75) is 22.1 Å². The van der Waals surface area contributed by atoms with Crippen LogP contribution in [0.3, 0.4) is 0 Å². The van der Waals surface area contributed by atoms with Crippen molar-refractivity contribution in [1.29, 1.82) is 0 Å². The van der Waals surface area contributed by atoms with E-state index >= 15 is 0 Å². The Morgan fingerprint density at radius 3 is 2.10 bits per heavy atom. The van der Waals surface area contributed by atoms with Gasteiger partial charge in [-0.1, -0.05) is 48.2 Å². The molecule has 2 aromatic rings. The molecule has 1 aliphatic rings. The summed E-state index contributed by atoms with van der Waals surface area (Å²) in [6, 6.07) is 16.3. The standard InChI is InChI=1S/C18H19NOS.C4H4O4/c1-19(2)12-11-14-13-7-3-5-9-16(13)21-17-10-6-4-8-15(17)18(14)20;5-3(6)1-2-4(7)8/h3-10,14H,11-12H2,1-2H3;1-2H,(H,5,6)(H,7,8)/b;2-1-. The second-order valence-corrected chi connectivity index (χ2v) is 7.74. The molecule has 0 amide bonds. The van der Waals surface area contributed by atoms with Gasteiger partial charge in [-0.15, -0.1) is 0 Å². The average Bonchev–Trinajstić information content (AvgIpc) is 2.79. The minimum absolute atomic E-state index is 0.0419. The van der Waals surface area contributed by atoms with Crippen molar-refractivity contribution in [3.8, 4) is 0 Å². The smallest absolute Gasteiger partial charge is 0.328 e. The maximum absolute atomic E-state index is 13.0. The number of rotatable bonds is 5. The van der Waals surface area contributed by atoms with E-state index in [1.54, 1.807) is 11.8 Å². The number of carboxylic acids is 2. The molecular formula is C22H23NO5S. The number of carbonyl (C=O) groups is 3. The summed E-state index contributed by atoms with van der Waals surface area (Å²) in [5.74, 6) is -2.30. The third-order valence-corrected chi connectivity index (χ3v) is 5.38. The van der Waals surface area contributed by atoms with Crippen LogP contribution < -0.4 is 0 Å². The molecule has 6 nitrogen and oxygen atoms in total. The Hall–Kier alpha value is -2.90. The first-order chi connectivity index (χ1) is 13.8. The summed E-state index contributed by atoms with van der Waals surface area (Å²) in [5.41, 5.74) is 2.04. The highest BCUT2D eigenvalue weighted by Gasteiger charge is 2.29. The molecule has 0 aliphatic carbocycles. The topological polar surface area (TPSA) is 94.9 Å². The van der Waals surface area contributed by atoms with Crippen molar-refractivity contribution in [2.75, 3.05) is 20.6 Å². The predicted octanol–water partition coefficient (Wildman–Crippen LogP) is 3.78. The molecule has 0 radical (unpaired) electrons. The summed E-state index contributed by atoms with van der Waals surface area (Å²) < 4.78 is 0. The second-order valence-electron chi connectivity index (χ2n) is 6.65. The highest BCUT2D eigenvalue weighted by atomic mass is 32.2. The number of carboxylic acid groups (broad SMARTS) is 2. The lowest BCUT2D eigenvalue weighted by Crippen LogP contribution is -2.20. The number of fused-ring (bicyclic) bond motifs is 2. The number of Topliss-reactive ketones (excluding diaryl/α,β-unsaturated/α-hetero) is 1. The maximum Gasteiger partial charge on any atom is 0.328 e. The summed E-state index contributed by atoms with van der Waals surface area (Å²) >= 11 is 1.71. The summed E-state index contributed by atoms with van der Waals surface area (Å²) in [5, 5.41) is 15.6. The van der Waals surface area contributed by atoms with E-state index in [1.807, 2.05) is 36.4 Å². The van der Waals surface area contributed by atoms with Gasteiger partial charge in [0.1, 0.15) is 0 Å². The molecule has 2 N–H and O–H groups in total. The minimum Gasteiger partial charge on any atom is -0.478 e. The molecular weight excluding hydrogens is 390 g/mol. The Morgan fingerprint density at radius 1 is 0.966 bits per heavy atom. The van der Waals surface area contributed by atoms with Crippen LogP contribution in [-0.4, -0.2) is 53.5 Å². The number of ketones is 1. The predicted molar refractivity (Wildman–Crippen MR) is 112 cm³/mol. The molecule has 29 heavy (non-hydrogen) atoms. The van der Waals surface area contributed by atoms with E-state index in [4.69, 9.17) is 10.2 Å². The summed E-state index contributed by atoms with van der Waals surface area (Å²) in [6.07, 6.45) is 1.97. The number of aliphatic carboxylic acids is 2. The first kappa shape index (κ1) is 22.4. The Kier molecular flexibility index (Phi) is 8.18. The van der Waals surface area contributed by atoms with Crippen LogP contribution in [0.2, 0.25) is 0 Å². The molecule has 1 unspecified atom stereocenters. The lowest BCUT2D eigenvalue weighted by Gasteiger charge is -2.18. The third kappa shape index (κ3) is 6.58. The van der Waals surface area contributed by atoms with Crippen molar-refractivity contribution in [3.63, 3.8) is 0 Å². The normalized spacial score (nSPS) is 15.1. The molecule has 0 spiro atoms. The largest absolute Gasteiger partial charge is 0.478 e. The van der Waals surface area contributed by atoms with E-state index in [9.17, 15) is 14.4 Å². The lowest BCUT2D eigenvalue weighted by molar-refractivity contribution is -0.134. The van der Waals surface area contributed by atoms with Crippen molar-refractivity contribution >= 4 is 29.5 Å². The van der Waals surface area contributed by atoms with E-state index in [-0.39, 0.29) is 11.7 Å². The average molecular weight is 413 g/mol. The van der Waals surface area contributed by atoms with Gasteiger partial charge in [-0.05, 0) is 44.8 Å². The Balaban J connectivity index is 0.000000321. The molecule has 7 heteroatoms. The van der Waals surface area contributed by atoms with Crippen molar-refractivity contribution < 1.29 is 24.6 Å². The summed E-state index contributed by atoms with van der Waals surface area (Å²) in [7, 11) is 4.10. The Labute approximate surface area is 173 Å². The summed E-state index contributed by atoms with van der Waals surface area (Å²) in [4.78, 5) is 36.5. The van der Waals surface area contributed by atoms with Gasteiger partial charge in [-0.25, -0.2) is 9.59 Å². The maximum atomic E-state index is 13.0. The van der Waals surface area contributed by atoms with Gasteiger partial charge in [0.05, 0.1) is 0 Å². The van der Waals surface area contributed by atoms with Gasteiger partial charge in [-0.2, -0.15) is 0 Å². The highest BCUT2D eigenvalue weighted by Crippen LogP contribution is 2.42. The van der Waals surface area contributed by atoms with Crippen LogP contribution in [0.1, 0.15) is 28.3 Å². The van der Waals surface area contributed by atoms with Gasteiger partial charge in [0, 0.05) is 33.4 Å². The molecule has 2 aromatic carbocycles. The van der Waals surface area contributed by atoms with Crippen LogP contribution in [-0.2, 0) is 9.59 Å². The first-order valence-corrected chi connectivity index (χ1v) is 9.80. The van der Waals surface area contributed by atoms with Gasteiger partial charge in [-0.3, -0.25) is 4.79 Å². The number of benzene rings is 2. The minimum atomic E-state index is -1.26. The van der Waals surface area contributed by atoms with Gasteiger partial charge in [0.2, 0.25) is 0 Å². The van der Waals surface area contributed by atoms with Gasteiger partial charge >= 0.3 is 11.9 Å². The second kappa shape index (κ2) is 10.6. The molecule has 0 aromatic heterocycles. The molecule has 0 fully saturated rings. The van der Waals surface area contributed by atoms with Crippen molar-refractivity contribution in [2.24, 2.45) is 0 Å². The number of nitrogens with zero attached hydrogens (tertiary/aromatic N) is 1.